The van der Waals surface area contributed by atoms with Crippen molar-refractivity contribution in [2.75, 3.05) is 6.61 Å². The molecular weight excluding hydrogens is 215 g/mol. The first-order chi connectivity index (χ1) is 7.97. The summed E-state index contributed by atoms with van der Waals surface area (Å²) in [4.78, 5) is 0. The molecule has 17 heavy (non-hydrogen) atoms. The Bertz CT molecular complexity index is 388. The molecule has 0 heterocycles. The van der Waals surface area contributed by atoms with Crippen molar-refractivity contribution < 1.29 is 9.13 Å². The minimum atomic E-state index is -0.252. The maximum Gasteiger partial charge on any atom is 0.165 e. The van der Waals surface area contributed by atoms with Gasteiger partial charge >= 0.3 is 0 Å². The van der Waals surface area contributed by atoms with Gasteiger partial charge in [0.25, 0.3) is 0 Å². The molecule has 0 saturated heterocycles. The first-order valence-corrected chi connectivity index (χ1v) is 6.39. The maximum absolute atomic E-state index is 13.6. The normalized spacial score (nSPS) is 16.7. The summed E-state index contributed by atoms with van der Waals surface area (Å²) >= 11 is 0. The van der Waals surface area contributed by atoms with E-state index in [-0.39, 0.29) is 11.2 Å². The van der Waals surface area contributed by atoms with Crippen molar-refractivity contribution in [3.05, 3.63) is 29.6 Å². The number of benzene rings is 1. The Hall–Kier alpha value is -1.05. The van der Waals surface area contributed by atoms with Crippen LogP contribution in [0.25, 0.3) is 0 Å². The summed E-state index contributed by atoms with van der Waals surface area (Å²) in [6.07, 6.45) is 3.74. The Morgan fingerprint density at radius 3 is 2.53 bits per heavy atom. The second-order valence-electron chi connectivity index (χ2n) is 6.00. The molecule has 1 aromatic carbocycles. The van der Waals surface area contributed by atoms with Crippen LogP contribution in [0.2, 0.25) is 0 Å². The SMILES string of the molecule is CC(C)(C)c1ccc(F)c(OCC2CCC2)c1. The number of hydrogen-bond donors (Lipinski definition) is 0. The van der Waals surface area contributed by atoms with Crippen LogP contribution in [-0.2, 0) is 5.41 Å². The molecule has 0 spiro atoms. The van der Waals surface area contributed by atoms with Gasteiger partial charge in [-0.1, -0.05) is 33.3 Å². The Balaban J connectivity index is 2.08. The van der Waals surface area contributed by atoms with Crippen LogP contribution in [0.4, 0.5) is 4.39 Å². The van der Waals surface area contributed by atoms with Crippen molar-refractivity contribution in [3.8, 4) is 5.75 Å². The highest BCUT2D eigenvalue weighted by atomic mass is 19.1. The van der Waals surface area contributed by atoms with Crippen molar-refractivity contribution in [1.29, 1.82) is 0 Å². The standard InChI is InChI=1S/C15H21FO/c1-15(2,3)12-7-8-13(16)14(9-12)17-10-11-5-4-6-11/h7-9,11H,4-6,10H2,1-3H3. The number of hydrogen-bond acceptors (Lipinski definition) is 1. The minimum absolute atomic E-state index is 0.0300. The van der Waals surface area contributed by atoms with Crippen molar-refractivity contribution in [2.24, 2.45) is 5.92 Å². The van der Waals surface area contributed by atoms with Gasteiger partial charge in [-0.25, -0.2) is 4.39 Å². The second kappa shape index (κ2) is 4.67. The molecule has 0 unspecified atom stereocenters. The van der Waals surface area contributed by atoms with Crippen LogP contribution in [0.15, 0.2) is 18.2 Å². The highest BCUT2D eigenvalue weighted by Crippen LogP contribution is 2.30. The van der Waals surface area contributed by atoms with Gasteiger partial charge in [-0.3, -0.25) is 0 Å². The molecule has 0 bridgehead atoms. The van der Waals surface area contributed by atoms with E-state index in [9.17, 15) is 4.39 Å². The summed E-state index contributed by atoms with van der Waals surface area (Å²) in [6.45, 7) is 7.02. The fraction of sp³-hybridized carbons (Fsp3) is 0.600. The molecule has 94 valence electrons. The lowest BCUT2D eigenvalue weighted by Gasteiger charge is -2.26. The van der Waals surface area contributed by atoms with E-state index < -0.39 is 0 Å². The summed E-state index contributed by atoms with van der Waals surface area (Å²) in [5, 5.41) is 0. The molecule has 1 aromatic rings. The third-order valence-corrected chi connectivity index (χ3v) is 3.50. The zero-order valence-electron chi connectivity index (χ0n) is 10.9. The second-order valence-corrected chi connectivity index (χ2v) is 6.00. The van der Waals surface area contributed by atoms with Crippen LogP contribution in [0.5, 0.6) is 5.75 Å². The van der Waals surface area contributed by atoms with Crippen LogP contribution in [-0.4, -0.2) is 6.61 Å². The molecule has 0 aliphatic heterocycles. The van der Waals surface area contributed by atoms with Crippen molar-refractivity contribution in [3.63, 3.8) is 0 Å². The molecular formula is C15H21FO. The van der Waals surface area contributed by atoms with Crippen molar-refractivity contribution in [1.82, 2.24) is 0 Å². The lowest BCUT2D eigenvalue weighted by Crippen LogP contribution is -2.20. The van der Waals surface area contributed by atoms with E-state index in [4.69, 9.17) is 4.74 Å². The summed E-state index contributed by atoms with van der Waals surface area (Å²) in [6, 6.07) is 5.19. The first-order valence-electron chi connectivity index (χ1n) is 6.39. The molecule has 1 aliphatic carbocycles. The molecule has 0 atom stereocenters. The Kier molecular flexibility index (Phi) is 3.41. The van der Waals surface area contributed by atoms with Crippen molar-refractivity contribution >= 4 is 0 Å². The minimum Gasteiger partial charge on any atom is -0.490 e. The average Bonchev–Trinajstić information content (AvgIpc) is 2.16. The van der Waals surface area contributed by atoms with E-state index >= 15 is 0 Å². The Morgan fingerprint density at radius 2 is 2.00 bits per heavy atom. The van der Waals surface area contributed by atoms with E-state index in [1.165, 1.54) is 25.3 Å². The average molecular weight is 236 g/mol. The topological polar surface area (TPSA) is 9.23 Å². The zero-order valence-corrected chi connectivity index (χ0v) is 10.9. The van der Waals surface area contributed by atoms with E-state index in [0.717, 1.165) is 5.56 Å². The molecule has 1 saturated carbocycles. The highest BCUT2D eigenvalue weighted by Gasteiger charge is 2.20. The summed E-state index contributed by atoms with van der Waals surface area (Å²) in [7, 11) is 0. The van der Waals surface area contributed by atoms with Crippen LogP contribution < -0.4 is 4.74 Å². The number of halogens is 1. The molecule has 0 N–H and O–H groups in total. The monoisotopic (exact) mass is 236 g/mol. The smallest absolute Gasteiger partial charge is 0.165 e. The molecule has 1 nitrogen and oxygen atoms in total. The van der Waals surface area contributed by atoms with Gasteiger partial charge in [0.2, 0.25) is 0 Å². The van der Waals surface area contributed by atoms with Gasteiger partial charge in [0.15, 0.2) is 11.6 Å². The molecule has 0 amide bonds. The summed E-state index contributed by atoms with van der Waals surface area (Å²) < 4.78 is 19.2. The van der Waals surface area contributed by atoms with Gasteiger partial charge < -0.3 is 4.74 Å². The lowest BCUT2D eigenvalue weighted by molar-refractivity contribution is 0.175. The quantitative estimate of drug-likeness (QED) is 0.760. The fourth-order valence-electron chi connectivity index (χ4n) is 1.95. The third kappa shape index (κ3) is 2.99. The molecule has 1 aliphatic rings. The van der Waals surface area contributed by atoms with E-state index in [1.54, 1.807) is 0 Å². The van der Waals surface area contributed by atoms with Gasteiger partial charge in [-0.2, -0.15) is 0 Å². The van der Waals surface area contributed by atoms with Gasteiger partial charge in [0.05, 0.1) is 6.61 Å². The largest absolute Gasteiger partial charge is 0.490 e. The van der Waals surface area contributed by atoms with E-state index in [0.29, 0.717) is 18.3 Å². The molecule has 0 radical (unpaired) electrons. The van der Waals surface area contributed by atoms with Crippen LogP contribution in [0.3, 0.4) is 0 Å². The molecule has 2 heteroatoms. The van der Waals surface area contributed by atoms with Gasteiger partial charge in [0.1, 0.15) is 0 Å². The van der Waals surface area contributed by atoms with Gasteiger partial charge in [-0.15, -0.1) is 0 Å². The molecule has 1 fully saturated rings. The predicted molar refractivity (Wildman–Crippen MR) is 67.9 cm³/mol. The predicted octanol–water partition coefficient (Wildman–Crippen LogP) is 4.30. The summed E-state index contributed by atoms with van der Waals surface area (Å²) in [5.74, 6) is 0.786. The Labute approximate surface area is 103 Å². The van der Waals surface area contributed by atoms with E-state index in [2.05, 4.69) is 20.8 Å². The van der Waals surface area contributed by atoms with E-state index in [1.807, 2.05) is 12.1 Å². The van der Waals surface area contributed by atoms with Crippen LogP contribution in [0.1, 0.15) is 45.6 Å². The summed E-state index contributed by atoms with van der Waals surface area (Å²) in [5.41, 5.74) is 1.14. The molecule has 2 rings (SSSR count). The maximum atomic E-state index is 13.6. The van der Waals surface area contributed by atoms with Crippen molar-refractivity contribution in [2.45, 2.75) is 45.4 Å². The molecule has 0 aromatic heterocycles. The Morgan fingerprint density at radius 1 is 1.29 bits per heavy atom. The van der Waals surface area contributed by atoms with Crippen LogP contribution >= 0.6 is 0 Å². The number of rotatable bonds is 3. The van der Waals surface area contributed by atoms with Gasteiger partial charge in [0, 0.05) is 0 Å². The van der Waals surface area contributed by atoms with Crippen LogP contribution in [0, 0.1) is 11.7 Å². The highest BCUT2D eigenvalue weighted by molar-refractivity contribution is 5.34. The number of ether oxygens (including phenoxy) is 1. The van der Waals surface area contributed by atoms with Gasteiger partial charge in [-0.05, 0) is 41.9 Å². The lowest BCUT2D eigenvalue weighted by atomic mass is 9.86. The third-order valence-electron chi connectivity index (χ3n) is 3.50. The zero-order chi connectivity index (χ0) is 12.5. The fourth-order valence-corrected chi connectivity index (χ4v) is 1.95. The first kappa shape index (κ1) is 12.4.